The molecule has 1 aromatic rings. The van der Waals surface area contributed by atoms with Gasteiger partial charge in [0.25, 0.3) is 0 Å². The predicted molar refractivity (Wildman–Crippen MR) is 59.1 cm³/mol. The molecule has 0 aliphatic carbocycles. The van der Waals surface area contributed by atoms with Crippen LogP contribution in [0.25, 0.3) is 0 Å². The van der Waals surface area contributed by atoms with Gasteiger partial charge in [0.2, 0.25) is 5.91 Å². The van der Waals surface area contributed by atoms with E-state index in [2.05, 4.69) is 10.1 Å². The molecule has 0 bridgehead atoms. The highest BCUT2D eigenvalue weighted by Crippen LogP contribution is 2.23. The van der Waals surface area contributed by atoms with E-state index in [1.54, 1.807) is 0 Å². The zero-order chi connectivity index (χ0) is 11.5. The molecule has 0 spiro atoms. The summed E-state index contributed by atoms with van der Waals surface area (Å²) in [5.74, 6) is -0.246. The van der Waals surface area contributed by atoms with E-state index in [0.717, 1.165) is 23.2 Å². The Morgan fingerprint density at radius 1 is 1.44 bits per heavy atom. The van der Waals surface area contributed by atoms with Crippen LogP contribution in [-0.4, -0.2) is 19.0 Å². The number of methoxy groups -OCH3 is 1. The van der Waals surface area contributed by atoms with E-state index in [1.165, 1.54) is 7.11 Å². The lowest BCUT2D eigenvalue weighted by atomic mass is 10.00. The Morgan fingerprint density at radius 3 is 3.00 bits per heavy atom. The summed E-state index contributed by atoms with van der Waals surface area (Å²) in [5, 5.41) is 2.80. The molecule has 0 atom stereocenters. The van der Waals surface area contributed by atoms with E-state index >= 15 is 0 Å². The van der Waals surface area contributed by atoms with Gasteiger partial charge in [-0.1, -0.05) is 12.1 Å². The Hall–Kier alpha value is -1.84. The van der Waals surface area contributed by atoms with Crippen molar-refractivity contribution in [1.82, 2.24) is 0 Å². The van der Waals surface area contributed by atoms with Crippen molar-refractivity contribution in [1.29, 1.82) is 0 Å². The van der Waals surface area contributed by atoms with Crippen LogP contribution in [0.3, 0.4) is 0 Å². The van der Waals surface area contributed by atoms with Crippen molar-refractivity contribution in [2.24, 2.45) is 0 Å². The highest BCUT2D eigenvalue weighted by Gasteiger charge is 2.15. The van der Waals surface area contributed by atoms with Gasteiger partial charge in [-0.2, -0.15) is 0 Å². The topological polar surface area (TPSA) is 55.4 Å². The minimum Gasteiger partial charge on any atom is -0.469 e. The van der Waals surface area contributed by atoms with Crippen molar-refractivity contribution in [2.45, 2.75) is 19.3 Å². The van der Waals surface area contributed by atoms with Crippen LogP contribution in [0.5, 0.6) is 0 Å². The number of ether oxygens (including phenoxy) is 1. The summed E-state index contributed by atoms with van der Waals surface area (Å²) in [6, 6.07) is 5.68. The van der Waals surface area contributed by atoms with E-state index in [0.29, 0.717) is 6.42 Å². The van der Waals surface area contributed by atoms with Crippen molar-refractivity contribution in [3.05, 3.63) is 29.3 Å². The lowest BCUT2D eigenvalue weighted by Crippen LogP contribution is -2.19. The molecule has 1 heterocycles. The van der Waals surface area contributed by atoms with Crippen molar-refractivity contribution < 1.29 is 14.3 Å². The Kier molecular flexibility index (Phi) is 2.90. The maximum Gasteiger partial charge on any atom is 0.309 e. The molecule has 1 aliphatic heterocycles. The fourth-order valence-corrected chi connectivity index (χ4v) is 1.77. The van der Waals surface area contributed by atoms with Crippen molar-refractivity contribution in [3.63, 3.8) is 0 Å². The van der Waals surface area contributed by atoms with Gasteiger partial charge in [-0.25, -0.2) is 0 Å². The zero-order valence-electron chi connectivity index (χ0n) is 9.08. The molecule has 1 aliphatic rings. The van der Waals surface area contributed by atoms with Crippen LogP contribution in [0, 0.1) is 0 Å². The highest BCUT2D eigenvalue weighted by atomic mass is 16.5. The summed E-state index contributed by atoms with van der Waals surface area (Å²) in [7, 11) is 1.36. The minimum absolute atomic E-state index is 0.0303. The lowest BCUT2D eigenvalue weighted by molar-refractivity contribution is -0.139. The molecule has 4 nitrogen and oxygen atoms in total. The summed E-state index contributed by atoms with van der Waals surface area (Å²) in [4.78, 5) is 22.3. The first-order chi connectivity index (χ1) is 7.69. The smallest absolute Gasteiger partial charge is 0.309 e. The largest absolute Gasteiger partial charge is 0.469 e. The first-order valence-corrected chi connectivity index (χ1v) is 5.17. The number of hydrogen-bond donors (Lipinski definition) is 1. The fourth-order valence-electron chi connectivity index (χ4n) is 1.77. The van der Waals surface area contributed by atoms with Crippen LogP contribution >= 0.6 is 0 Å². The molecule has 0 aromatic heterocycles. The van der Waals surface area contributed by atoms with Crippen LogP contribution in [0.4, 0.5) is 5.69 Å². The average molecular weight is 219 g/mol. The molecule has 0 radical (unpaired) electrons. The van der Waals surface area contributed by atoms with E-state index < -0.39 is 0 Å². The molecular weight excluding hydrogens is 206 g/mol. The van der Waals surface area contributed by atoms with E-state index in [4.69, 9.17) is 0 Å². The SMILES string of the molecule is COC(=O)Cc1ccc2c(c1)NC(=O)CC2. The molecule has 2 rings (SSSR count). The average Bonchev–Trinajstić information content (AvgIpc) is 2.28. The zero-order valence-corrected chi connectivity index (χ0v) is 9.08. The second-order valence-corrected chi connectivity index (χ2v) is 3.79. The monoisotopic (exact) mass is 219 g/mol. The quantitative estimate of drug-likeness (QED) is 0.762. The Balaban J connectivity index is 2.21. The summed E-state index contributed by atoms with van der Waals surface area (Å²) in [6.45, 7) is 0. The highest BCUT2D eigenvalue weighted by molar-refractivity contribution is 5.94. The van der Waals surface area contributed by atoms with Gasteiger partial charge in [-0.3, -0.25) is 9.59 Å². The Bertz CT molecular complexity index is 440. The number of esters is 1. The lowest BCUT2D eigenvalue weighted by Gasteiger charge is -2.17. The molecule has 0 saturated heterocycles. The third kappa shape index (κ3) is 2.21. The van der Waals surface area contributed by atoms with E-state index in [1.807, 2.05) is 18.2 Å². The third-order valence-corrected chi connectivity index (χ3v) is 2.65. The standard InChI is InChI=1S/C12H13NO3/c1-16-12(15)7-8-2-3-9-4-5-11(14)13-10(9)6-8/h2-3,6H,4-5,7H2,1H3,(H,13,14). The van der Waals surface area contributed by atoms with Gasteiger partial charge in [0.05, 0.1) is 13.5 Å². The summed E-state index contributed by atoms with van der Waals surface area (Å²) >= 11 is 0. The van der Waals surface area contributed by atoms with Crippen molar-refractivity contribution in [3.8, 4) is 0 Å². The Morgan fingerprint density at radius 2 is 2.25 bits per heavy atom. The van der Waals surface area contributed by atoms with E-state index in [9.17, 15) is 9.59 Å². The number of anilines is 1. The first-order valence-electron chi connectivity index (χ1n) is 5.17. The molecule has 0 fully saturated rings. The molecule has 84 valence electrons. The van der Waals surface area contributed by atoms with Crippen molar-refractivity contribution >= 4 is 17.6 Å². The van der Waals surface area contributed by atoms with Crippen LogP contribution in [0.1, 0.15) is 17.5 Å². The van der Waals surface area contributed by atoms with Gasteiger partial charge < -0.3 is 10.1 Å². The molecule has 1 aromatic carbocycles. The molecule has 0 unspecified atom stereocenters. The summed E-state index contributed by atoms with van der Waals surface area (Å²) < 4.78 is 4.59. The van der Waals surface area contributed by atoms with Crippen LogP contribution in [0.15, 0.2) is 18.2 Å². The molecule has 16 heavy (non-hydrogen) atoms. The number of carbonyl (C=O) groups is 2. The number of hydrogen-bond acceptors (Lipinski definition) is 3. The summed E-state index contributed by atoms with van der Waals surface area (Å²) in [5.41, 5.74) is 2.79. The number of fused-ring (bicyclic) bond motifs is 1. The molecule has 1 amide bonds. The number of aryl methyl sites for hydroxylation is 1. The van der Waals surface area contributed by atoms with Gasteiger partial charge in [0.1, 0.15) is 0 Å². The third-order valence-electron chi connectivity index (χ3n) is 2.65. The number of benzene rings is 1. The summed E-state index contributed by atoms with van der Waals surface area (Å²) in [6.07, 6.45) is 1.53. The second-order valence-electron chi connectivity index (χ2n) is 3.79. The number of amides is 1. The van der Waals surface area contributed by atoms with Crippen LogP contribution < -0.4 is 5.32 Å². The van der Waals surface area contributed by atoms with Gasteiger partial charge in [-0.15, -0.1) is 0 Å². The fraction of sp³-hybridized carbons (Fsp3) is 0.333. The predicted octanol–water partition coefficient (Wildman–Crippen LogP) is 1.29. The van der Waals surface area contributed by atoms with Crippen LogP contribution in [0.2, 0.25) is 0 Å². The van der Waals surface area contributed by atoms with Gasteiger partial charge in [0, 0.05) is 12.1 Å². The maximum absolute atomic E-state index is 11.2. The minimum atomic E-state index is -0.276. The number of rotatable bonds is 2. The molecule has 0 saturated carbocycles. The number of carbonyl (C=O) groups excluding carboxylic acids is 2. The van der Waals surface area contributed by atoms with Crippen molar-refractivity contribution in [2.75, 3.05) is 12.4 Å². The Labute approximate surface area is 93.6 Å². The van der Waals surface area contributed by atoms with E-state index in [-0.39, 0.29) is 18.3 Å². The van der Waals surface area contributed by atoms with Crippen LogP contribution in [-0.2, 0) is 27.2 Å². The van der Waals surface area contributed by atoms with Gasteiger partial charge >= 0.3 is 5.97 Å². The van der Waals surface area contributed by atoms with Gasteiger partial charge in [-0.05, 0) is 23.6 Å². The maximum atomic E-state index is 11.2. The second kappa shape index (κ2) is 4.35. The molecular formula is C12H13NO3. The normalized spacial score (nSPS) is 13.9. The number of nitrogens with one attached hydrogen (secondary N) is 1. The van der Waals surface area contributed by atoms with Gasteiger partial charge in [0.15, 0.2) is 0 Å². The first kappa shape index (κ1) is 10.7. The molecule has 1 N–H and O–H groups in total. The molecule has 4 heteroatoms.